The number of likely N-dealkylation sites (tertiary alicyclic amines) is 1. The van der Waals surface area contributed by atoms with Crippen molar-refractivity contribution < 1.29 is 9.90 Å². The minimum absolute atomic E-state index is 0.0176. The van der Waals surface area contributed by atoms with E-state index >= 15 is 0 Å². The van der Waals surface area contributed by atoms with Gasteiger partial charge in [-0.1, -0.05) is 25.0 Å². The molecule has 3 nitrogen and oxygen atoms in total. The molecule has 0 bridgehead atoms. The third-order valence-corrected chi connectivity index (χ3v) is 4.39. The molecule has 1 N–H and O–H groups in total. The Morgan fingerprint density at radius 3 is 2.83 bits per heavy atom. The van der Waals surface area contributed by atoms with Crippen LogP contribution in [0.25, 0.3) is 0 Å². The van der Waals surface area contributed by atoms with Crippen molar-refractivity contribution in [2.24, 2.45) is 0 Å². The molecule has 1 aromatic carbocycles. The van der Waals surface area contributed by atoms with Gasteiger partial charge < -0.3 is 10.0 Å². The Balaban J connectivity index is 2.23. The summed E-state index contributed by atoms with van der Waals surface area (Å²) in [6, 6.07) is 7.62. The lowest BCUT2D eigenvalue weighted by atomic mass is 10.1. The molecule has 1 heterocycles. The van der Waals surface area contributed by atoms with E-state index in [9.17, 15) is 9.90 Å². The van der Waals surface area contributed by atoms with Gasteiger partial charge in [0.05, 0.1) is 18.2 Å². The van der Waals surface area contributed by atoms with Gasteiger partial charge in [0.25, 0.3) is 5.91 Å². The second-order valence-corrected chi connectivity index (χ2v) is 5.83. The quantitative estimate of drug-likeness (QED) is 0.825. The summed E-state index contributed by atoms with van der Waals surface area (Å²) >= 11 is 2.19. The largest absolute Gasteiger partial charge is 0.394 e. The highest BCUT2D eigenvalue weighted by Crippen LogP contribution is 2.21. The second kappa shape index (κ2) is 6.52. The summed E-state index contributed by atoms with van der Waals surface area (Å²) in [5.41, 5.74) is 0.749. The molecule has 4 heteroatoms. The van der Waals surface area contributed by atoms with Gasteiger partial charge in [-0.2, -0.15) is 0 Å². The van der Waals surface area contributed by atoms with Crippen LogP contribution in [0.1, 0.15) is 36.0 Å². The molecule has 1 fully saturated rings. The predicted molar refractivity (Wildman–Crippen MR) is 79.5 cm³/mol. The number of amides is 1. The minimum atomic E-state index is -0.0176. The zero-order valence-corrected chi connectivity index (χ0v) is 12.5. The molecule has 0 saturated carbocycles. The molecule has 2 rings (SSSR count). The highest BCUT2D eigenvalue weighted by atomic mass is 127. The molecule has 1 saturated heterocycles. The smallest absolute Gasteiger partial charge is 0.255 e. The molecule has 1 aliphatic heterocycles. The van der Waals surface area contributed by atoms with Crippen molar-refractivity contribution in [2.45, 2.75) is 31.7 Å². The standard InChI is InChI=1S/C14H18INO2/c15-13-8-4-3-7-12(13)14(18)16-9-5-1-2-6-11(16)10-17/h3-4,7-8,11,17H,1-2,5-6,9-10H2. The molecule has 1 unspecified atom stereocenters. The Hall–Kier alpha value is -0.620. The third kappa shape index (κ3) is 3.03. The molecule has 1 amide bonds. The lowest BCUT2D eigenvalue weighted by molar-refractivity contribution is 0.0599. The maximum absolute atomic E-state index is 12.6. The third-order valence-electron chi connectivity index (χ3n) is 3.45. The van der Waals surface area contributed by atoms with E-state index in [1.807, 2.05) is 29.2 Å². The van der Waals surface area contributed by atoms with Gasteiger partial charge in [-0.25, -0.2) is 0 Å². The molecule has 0 aromatic heterocycles. The van der Waals surface area contributed by atoms with Crippen LogP contribution in [0.15, 0.2) is 24.3 Å². The topological polar surface area (TPSA) is 40.5 Å². The van der Waals surface area contributed by atoms with Crippen molar-refractivity contribution in [3.63, 3.8) is 0 Å². The van der Waals surface area contributed by atoms with Crippen molar-refractivity contribution in [3.05, 3.63) is 33.4 Å². The number of nitrogens with zero attached hydrogens (tertiary/aromatic N) is 1. The Bertz CT molecular complexity index is 422. The second-order valence-electron chi connectivity index (χ2n) is 4.66. The Morgan fingerprint density at radius 2 is 2.11 bits per heavy atom. The summed E-state index contributed by atoms with van der Waals surface area (Å²) in [7, 11) is 0. The van der Waals surface area contributed by atoms with E-state index in [4.69, 9.17) is 0 Å². The molecule has 18 heavy (non-hydrogen) atoms. The van der Waals surface area contributed by atoms with Crippen molar-refractivity contribution in [1.82, 2.24) is 4.90 Å². The highest BCUT2D eigenvalue weighted by Gasteiger charge is 2.26. The van der Waals surface area contributed by atoms with E-state index in [1.54, 1.807) is 0 Å². The number of benzene rings is 1. The fourth-order valence-electron chi connectivity index (χ4n) is 2.42. The van der Waals surface area contributed by atoms with Gasteiger partial charge in [0, 0.05) is 10.1 Å². The van der Waals surface area contributed by atoms with E-state index in [2.05, 4.69) is 22.6 Å². The van der Waals surface area contributed by atoms with Gasteiger partial charge >= 0.3 is 0 Å². The predicted octanol–water partition coefficient (Wildman–Crippen LogP) is 2.67. The molecule has 1 atom stereocenters. The number of hydrogen-bond donors (Lipinski definition) is 1. The van der Waals surface area contributed by atoms with Crippen molar-refractivity contribution >= 4 is 28.5 Å². The van der Waals surface area contributed by atoms with Crippen LogP contribution in [0.2, 0.25) is 0 Å². The summed E-state index contributed by atoms with van der Waals surface area (Å²) < 4.78 is 0.973. The fraction of sp³-hybridized carbons (Fsp3) is 0.500. The summed E-state index contributed by atoms with van der Waals surface area (Å²) in [5, 5.41) is 9.46. The normalized spacial score (nSPS) is 20.6. The van der Waals surface area contributed by atoms with Crippen LogP contribution in [0.4, 0.5) is 0 Å². The van der Waals surface area contributed by atoms with Crippen LogP contribution in [0.5, 0.6) is 0 Å². The van der Waals surface area contributed by atoms with Crippen LogP contribution in [-0.4, -0.2) is 35.1 Å². The number of hydrogen-bond acceptors (Lipinski definition) is 2. The van der Waals surface area contributed by atoms with Crippen LogP contribution >= 0.6 is 22.6 Å². The maximum Gasteiger partial charge on any atom is 0.255 e. The van der Waals surface area contributed by atoms with Crippen LogP contribution in [-0.2, 0) is 0 Å². The summed E-state index contributed by atoms with van der Waals surface area (Å²) in [4.78, 5) is 14.4. The minimum Gasteiger partial charge on any atom is -0.394 e. The molecule has 0 radical (unpaired) electrons. The first-order chi connectivity index (χ1) is 8.74. The Kier molecular flexibility index (Phi) is 5.00. The molecule has 1 aliphatic rings. The fourth-order valence-corrected chi connectivity index (χ4v) is 3.04. The number of carbonyl (C=O) groups is 1. The molecular weight excluding hydrogens is 341 g/mol. The molecule has 1 aromatic rings. The molecular formula is C14H18INO2. The van der Waals surface area contributed by atoms with Gasteiger partial charge in [-0.05, 0) is 47.6 Å². The van der Waals surface area contributed by atoms with Crippen molar-refractivity contribution in [1.29, 1.82) is 0 Å². The van der Waals surface area contributed by atoms with Gasteiger partial charge in [0.2, 0.25) is 0 Å². The number of rotatable bonds is 2. The average Bonchev–Trinajstić information content (AvgIpc) is 2.63. The van der Waals surface area contributed by atoms with Gasteiger partial charge in [0.15, 0.2) is 0 Å². The zero-order valence-electron chi connectivity index (χ0n) is 10.3. The lowest BCUT2D eigenvalue weighted by Crippen LogP contribution is -2.42. The Labute approximate surface area is 121 Å². The van der Waals surface area contributed by atoms with E-state index in [0.717, 1.165) is 41.4 Å². The first-order valence-electron chi connectivity index (χ1n) is 6.40. The monoisotopic (exact) mass is 359 g/mol. The van der Waals surface area contributed by atoms with Crippen LogP contribution in [0, 0.1) is 3.57 Å². The number of carbonyl (C=O) groups excluding carboxylic acids is 1. The van der Waals surface area contributed by atoms with E-state index in [0.29, 0.717) is 0 Å². The van der Waals surface area contributed by atoms with Crippen molar-refractivity contribution in [2.75, 3.05) is 13.2 Å². The van der Waals surface area contributed by atoms with E-state index in [-0.39, 0.29) is 18.6 Å². The lowest BCUT2D eigenvalue weighted by Gasteiger charge is -2.29. The van der Waals surface area contributed by atoms with E-state index in [1.165, 1.54) is 0 Å². The number of halogens is 1. The molecule has 0 aliphatic carbocycles. The first kappa shape index (κ1) is 13.8. The van der Waals surface area contributed by atoms with Crippen LogP contribution < -0.4 is 0 Å². The van der Waals surface area contributed by atoms with Gasteiger partial charge in [-0.3, -0.25) is 4.79 Å². The molecule has 98 valence electrons. The summed E-state index contributed by atoms with van der Waals surface area (Å²) in [6.45, 7) is 0.824. The maximum atomic E-state index is 12.6. The van der Waals surface area contributed by atoms with Crippen molar-refractivity contribution in [3.8, 4) is 0 Å². The van der Waals surface area contributed by atoms with Gasteiger partial charge in [0.1, 0.15) is 0 Å². The zero-order chi connectivity index (χ0) is 13.0. The van der Waals surface area contributed by atoms with E-state index < -0.39 is 0 Å². The number of aliphatic hydroxyl groups is 1. The first-order valence-corrected chi connectivity index (χ1v) is 7.48. The average molecular weight is 359 g/mol. The van der Waals surface area contributed by atoms with Crippen LogP contribution in [0.3, 0.4) is 0 Å². The summed E-state index contributed by atoms with van der Waals surface area (Å²) in [5.74, 6) is 0.0564. The Morgan fingerprint density at radius 1 is 1.33 bits per heavy atom. The highest BCUT2D eigenvalue weighted by molar-refractivity contribution is 14.1. The molecule has 0 spiro atoms. The summed E-state index contributed by atoms with van der Waals surface area (Å²) in [6.07, 6.45) is 4.18. The number of aliphatic hydroxyl groups excluding tert-OH is 1. The van der Waals surface area contributed by atoms with Gasteiger partial charge in [-0.15, -0.1) is 0 Å². The SMILES string of the molecule is O=C(c1ccccc1I)N1CCCCCC1CO.